The molecule has 0 aromatic heterocycles. The first-order valence-corrected chi connectivity index (χ1v) is 4.98. The average Bonchev–Trinajstić information content (AvgIpc) is 2.29. The molecule has 0 aliphatic carbocycles. The van der Waals surface area contributed by atoms with Gasteiger partial charge in [-0.25, -0.2) is 4.39 Å². The van der Waals surface area contributed by atoms with Crippen molar-refractivity contribution in [2.24, 2.45) is 10.8 Å². The Balaban J connectivity index is 3.01. The van der Waals surface area contributed by atoms with E-state index in [2.05, 4.69) is 10.5 Å². The van der Waals surface area contributed by atoms with Crippen LogP contribution in [-0.4, -0.2) is 18.7 Å². The minimum Gasteiger partial charge on any atom is -0.492 e. The normalized spacial score (nSPS) is 10.7. The van der Waals surface area contributed by atoms with E-state index in [0.717, 1.165) is 6.07 Å². The van der Waals surface area contributed by atoms with Crippen LogP contribution >= 0.6 is 11.6 Å². The number of methoxy groups -OCH3 is 1. The largest absolute Gasteiger partial charge is 0.492 e. The van der Waals surface area contributed by atoms with Gasteiger partial charge in [0.25, 0.3) is 0 Å². The van der Waals surface area contributed by atoms with Crippen LogP contribution in [0.1, 0.15) is 0 Å². The van der Waals surface area contributed by atoms with Crippen LogP contribution in [0, 0.1) is 22.6 Å². The Hall–Kier alpha value is -2.33. The number of nitrogens with two attached hydrogens (primary N) is 1. The SMILES string of the molecule is COc1c(F)cc(N/N=C(\C#N)C(=N)N)cc1Cl. The second kappa shape index (κ2) is 5.84. The molecule has 0 aliphatic rings. The average molecular weight is 270 g/mol. The Kier molecular flexibility index (Phi) is 4.45. The van der Waals surface area contributed by atoms with E-state index in [1.54, 1.807) is 6.07 Å². The molecule has 0 bridgehead atoms. The van der Waals surface area contributed by atoms with Crippen LogP contribution in [0.25, 0.3) is 0 Å². The standard InChI is InChI=1S/C10H9ClFN5O/c1-18-9-6(11)2-5(3-7(9)12)16-17-8(4-13)10(14)15/h2-3,16H,1H3,(H3,14,15)/b17-8+. The number of rotatable bonds is 4. The van der Waals surface area contributed by atoms with E-state index in [1.165, 1.54) is 13.2 Å². The highest BCUT2D eigenvalue weighted by molar-refractivity contribution is 6.45. The molecule has 0 unspecified atom stereocenters. The Morgan fingerprint density at radius 2 is 2.33 bits per heavy atom. The number of hydrogen-bond acceptors (Lipinski definition) is 5. The lowest BCUT2D eigenvalue weighted by molar-refractivity contribution is 0.387. The number of nitrogens with one attached hydrogen (secondary N) is 2. The van der Waals surface area contributed by atoms with Crippen LogP contribution in [0.4, 0.5) is 10.1 Å². The minimum absolute atomic E-state index is 0.0523. The van der Waals surface area contributed by atoms with Gasteiger partial charge in [-0.05, 0) is 6.07 Å². The van der Waals surface area contributed by atoms with E-state index in [-0.39, 0.29) is 22.2 Å². The molecule has 8 heteroatoms. The molecule has 0 amide bonds. The van der Waals surface area contributed by atoms with Crippen LogP contribution in [0.15, 0.2) is 17.2 Å². The quantitative estimate of drug-likeness (QED) is 0.439. The molecule has 18 heavy (non-hydrogen) atoms. The second-order valence-electron chi connectivity index (χ2n) is 3.07. The van der Waals surface area contributed by atoms with Gasteiger partial charge in [-0.3, -0.25) is 10.8 Å². The number of benzene rings is 1. The zero-order valence-electron chi connectivity index (χ0n) is 9.29. The summed E-state index contributed by atoms with van der Waals surface area (Å²) in [6.07, 6.45) is 0. The smallest absolute Gasteiger partial charge is 0.201 e. The van der Waals surface area contributed by atoms with Crippen molar-refractivity contribution in [3.63, 3.8) is 0 Å². The van der Waals surface area contributed by atoms with Crippen LogP contribution in [0.5, 0.6) is 5.75 Å². The van der Waals surface area contributed by atoms with Gasteiger partial charge in [0, 0.05) is 6.07 Å². The fourth-order valence-electron chi connectivity index (χ4n) is 1.09. The Morgan fingerprint density at radius 1 is 1.67 bits per heavy atom. The summed E-state index contributed by atoms with van der Waals surface area (Å²) < 4.78 is 18.2. The van der Waals surface area contributed by atoms with Crippen LogP contribution in [0.2, 0.25) is 5.02 Å². The van der Waals surface area contributed by atoms with E-state index in [4.69, 9.17) is 32.7 Å². The van der Waals surface area contributed by atoms with Crippen molar-refractivity contribution in [2.75, 3.05) is 12.5 Å². The van der Waals surface area contributed by atoms with E-state index >= 15 is 0 Å². The first-order chi connectivity index (χ1) is 8.49. The van der Waals surface area contributed by atoms with Crippen molar-refractivity contribution in [3.8, 4) is 11.8 Å². The van der Waals surface area contributed by atoms with Gasteiger partial charge in [0.15, 0.2) is 17.4 Å². The minimum atomic E-state index is -0.677. The molecular formula is C10H9ClFN5O. The summed E-state index contributed by atoms with van der Waals surface area (Å²) >= 11 is 5.76. The third-order valence-corrected chi connectivity index (χ3v) is 2.14. The predicted molar refractivity (Wildman–Crippen MR) is 66.5 cm³/mol. The Morgan fingerprint density at radius 3 is 2.78 bits per heavy atom. The maximum absolute atomic E-state index is 13.4. The number of amidine groups is 1. The molecule has 0 spiro atoms. The first kappa shape index (κ1) is 13.7. The molecule has 1 aromatic carbocycles. The first-order valence-electron chi connectivity index (χ1n) is 4.60. The highest BCUT2D eigenvalue weighted by atomic mass is 35.5. The summed E-state index contributed by atoms with van der Waals surface area (Å²) in [5.41, 5.74) is 7.35. The number of hydrazone groups is 1. The maximum atomic E-state index is 13.4. The Bertz CT molecular complexity index is 529. The van der Waals surface area contributed by atoms with Crippen molar-refractivity contribution in [2.45, 2.75) is 0 Å². The zero-order valence-corrected chi connectivity index (χ0v) is 10.0. The summed E-state index contributed by atoms with van der Waals surface area (Å²) in [7, 11) is 1.29. The summed E-state index contributed by atoms with van der Waals surface area (Å²) in [6, 6.07) is 4.06. The Labute approximate surface area is 107 Å². The number of nitriles is 1. The monoisotopic (exact) mass is 269 g/mol. The number of hydrogen-bond donors (Lipinski definition) is 3. The molecule has 0 heterocycles. The molecule has 6 nitrogen and oxygen atoms in total. The molecule has 0 aliphatic heterocycles. The number of nitrogens with zero attached hydrogens (tertiary/aromatic N) is 2. The third kappa shape index (κ3) is 3.09. The van der Waals surface area contributed by atoms with E-state index in [1.807, 2.05) is 0 Å². The predicted octanol–water partition coefficient (Wildman–Crippen LogP) is 1.72. The fourth-order valence-corrected chi connectivity index (χ4v) is 1.37. The van der Waals surface area contributed by atoms with Gasteiger partial charge in [0.1, 0.15) is 6.07 Å². The van der Waals surface area contributed by atoms with Gasteiger partial charge >= 0.3 is 0 Å². The molecule has 4 N–H and O–H groups in total. The van der Waals surface area contributed by atoms with Crippen LogP contribution in [0.3, 0.4) is 0 Å². The number of ether oxygens (including phenoxy) is 1. The summed E-state index contributed by atoms with van der Waals surface area (Å²) in [6.45, 7) is 0. The van der Waals surface area contributed by atoms with Gasteiger partial charge in [-0.1, -0.05) is 11.6 Å². The molecule has 0 fully saturated rings. The van der Waals surface area contributed by atoms with E-state index in [9.17, 15) is 4.39 Å². The molecular weight excluding hydrogens is 261 g/mol. The topological polar surface area (TPSA) is 107 Å². The number of anilines is 1. The molecule has 0 saturated heterocycles. The lowest BCUT2D eigenvalue weighted by Crippen LogP contribution is -2.21. The third-order valence-electron chi connectivity index (χ3n) is 1.86. The van der Waals surface area contributed by atoms with Gasteiger partial charge in [-0.15, -0.1) is 0 Å². The zero-order chi connectivity index (χ0) is 13.7. The van der Waals surface area contributed by atoms with Crippen molar-refractivity contribution >= 4 is 28.8 Å². The second-order valence-corrected chi connectivity index (χ2v) is 3.48. The van der Waals surface area contributed by atoms with E-state index < -0.39 is 11.7 Å². The van der Waals surface area contributed by atoms with Crippen molar-refractivity contribution in [1.29, 1.82) is 10.7 Å². The van der Waals surface area contributed by atoms with Crippen molar-refractivity contribution in [1.82, 2.24) is 0 Å². The van der Waals surface area contributed by atoms with Crippen LogP contribution < -0.4 is 15.9 Å². The lowest BCUT2D eigenvalue weighted by atomic mass is 10.3. The molecule has 94 valence electrons. The van der Waals surface area contributed by atoms with Crippen molar-refractivity contribution in [3.05, 3.63) is 23.0 Å². The summed E-state index contributed by atoms with van der Waals surface area (Å²) in [4.78, 5) is 0. The van der Waals surface area contributed by atoms with Crippen molar-refractivity contribution < 1.29 is 9.13 Å². The fraction of sp³-hybridized carbons (Fsp3) is 0.100. The molecule has 0 radical (unpaired) electrons. The summed E-state index contributed by atoms with van der Waals surface area (Å²) in [5, 5.41) is 19.2. The van der Waals surface area contributed by atoms with Gasteiger partial charge < -0.3 is 10.5 Å². The van der Waals surface area contributed by atoms with E-state index in [0.29, 0.717) is 0 Å². The highest BCUT2D eigenvalue weighted by Crippen LogP contribution is 2.30. The number of halogens is 2. The molecule has 1 aromatic rings. The maximum Gasteiger partial charge on any atom is 0.201 e. The molecule has 0 saturated carbocycles. The van der Waals surface area contributed by atoms with Gasteiger partial charge in [0.2, 0.25) is 5.71 Å². The van der Waals surface area contributed by atoms with Crippen LogP contribution in [-0.2, 0) is 0 Å². The summed E-state index contributed by atoms with van der Waals surface area (Å²) in [5.74, 6) is -1.26. The highest BCUT2D eigenvalue weighted by Gasteiger charge is 2.10. The lowest BCUT2D eigenvalue weighted by Gasteiger charge is -2.07. The van der Waals surface area contributed by atoms with Gasteiger partial charge in [0.05, 0.1) is 17.8 Å². The van der Waals surface area contributed by atoms with Gasteiger partial charge in [-0.2, -0.15) is 10.4 Å². The molecule has 0 atom stereocenters. The molecule has 1 rings (SSSR count).